The summed E-state index contributed by atoms with van der Waals surface area (Å²) in [5.41, 5.74) is 8.71. The number of halogens is 2. The van der Waals surface area contributed by atoms with Gasteiger partial charge >= 0.3 is 0 Å². The van der Waals surface area contributed by atoms with Crippen molar-refractivity contribution in [2.75, 3.05) is 0 Å². The second-order valence-electron chi connectivity index (χ2n) is 4.66. The van der Waals surface area contributed by atoms with E-state index in [9.17, 15) is 0 Å². The largest absolute Gasteiger partial charge is 0.324 e. The van der Waals surface area contributed by atoms with Crippen LogP contribution in [0.4, 0.5) is 0 Å². The van der Waals surface area contributed by atoms with Gasteiger partial charge in [0.2, 0.25) is 0 Å². The average molecular weight is 386 g/mol. The zero-order valence-electron chi connectivity index (χ0n) is 10.7. The van der Waals surface area contributed by atoms with Gasteiger partial charge in [-0.3, -0.25) is 0 Å². The summed E-state index contributed by atoms with van der Waals surface area (Å²) in [6, 6.07) is 16.7. The van der Waals surface area contributed by atoms with Crippen molar-refractivity contribution in [3.63, 3.8) is 0 Å². The fourth-order valence-corrected chi connectivity index (χ4v) is 2.60. The molecule has 19 heavy (non-hydrogen) atoms. The van der Waals surface area contributed by atoms with Gasteiger partial charge in [0.1, 0.15) is 0 Å². The lowest BCUT2D eigenvalue weighted by molar-refractivity contribution is 0.611. The van der Waals surface area contributed by atoms with Gasteiger partial charge in [-0.05, 0) is 65.1 Å². The summed E-state index contributed by atoms with van der Waals surface area (Å²) in [5.74, 6) is 0. The molecule has 0 spiro atoms. The van der Waals surface area contributed by atoms with Crippen molar-refractivity contribution in [1.29, 1.82) is 0 Å². The maximum Gasteiger partial charge on any atom is 0.0542 e. The second kappa shape index (κ2) is 7.27. The van der Waals surface area contributed by atoms with Crippen LogP contribution in [0.1, 0.15) is 30.0 Å². The molecule has 1 nitrogen and oxygen atoms in total. The van der Waals surface area contributed by atoms with Gasteiger partial charge in [0, 0.05) is 9.61 Å². The number of benzene rings is 2. The predicted octanol–water partition coefficient (Wildman–Crippen LogP) is 4.97. The van der Waals surface area contributed by atoms with E-state index in [1.807, 2.05) is 18.2 Å². The van der Waals surface area contributed by atoms with E-state index in [0.29, 0.717) is 0 Å². The molecule has 0 bridgehead atoms. The molecular weight excluding hydrogens is 369 g/mol. The highest BCUT2D eigenvalue weighted by Crippen LogP contribution is 2.24. The molecule has 2 rings (SSSR count). The SMILES string of the molecule is NC(CCCc1ccccc1)c1ccc(I)c(Cl)c1. The third kappa shape index (κ3) is 4.48. The van der Waals surface area contributed by atoms with Gasteiger partial charge < -0.3 is 5.73 Å². The number of hydrogen-bond donors (Lipinski definition) is 1. The van der Waals surface area contributed by atoms with Gasteiger partial charge in [-0.2, -0.15) is 0 Å². The number of hydrogen-bond acceptors (Lipinski definition) is 1. The number of aryl methyl sites for hydroxylation is 1. The van der Waals surface area contributed by atoms with Gasteiger partial charge in [0.05, 0.1) is 5.02 Å². The fraction of sp³-hybridized carbons (Fsp3) is 0.250. The Balaban J connectivity index is 1.87. The van der Waals surface area contributed by atoms with Crippen molar-refractivity contribution in [3.05, 3.63) is 68.3 Å². The molecule has 0 aliphatic rings. The Kier molecular flexibility index (Phi) is 5.67. The van der Waals surface area contributed by atoms with Crippen LogP contribution in [0.2, 0.25) is 5.02 Å². The third-order valence-electron chi connectivity index (χ3n) is 3.20. The molecule has 0 radical (unpaired) electrons. The van der Waals surface area contributed by atoms with Crippen LogP contribution in [0.5, 0.6) is 0 Å². The Bertz CT molecular complexity index is 528. The van der Waals surface area contributed by atoms with Crippen LogP contribution in [-0.4, -0.2) is 0 Å². The molecule has 100 valence electrons. The minimum absolute atomic E-state index is 0.0678. The molecule has 2 aromatic rings. The minimum atomic E-state index is 0.0678. The first kappa shape index (κ1) is 14.8. The van der Waals surface area contributed by atoms with Gasteiger partial charge in [-0.25, -0.2) is 0 Å². The Morgan fingerprint density at radius 2 is 1.84 bits per heavy atom. The normalized spacial score (nSPS) is 12.4. The zero-order chi connectivity index (χ0) is 13.7. The lowest BCUT2D eigenvalue weighted by atomic mass is 10.00. The van der Waals surface area contributed by atoms with Crippen LogP contribution < -0.4 is 5.73 Å². The first-order valence-corrected chi connectivity index (χ1v) is 7.87. The van der Waals surface area contributed by atoms with Gasteiger partial charge in [-0.15, -0.1) is 0 Å². The van der Waals surface area contributed by atoms with Crippen LogP contribution in [0.25, 0.3) is 0 Å². The minimum Gasteiger partial charge on any atom is -0.324 e. The van der Waals surface area contributed by atoms with Crippen LogP contribution in [0.15, 0.2) is 48.5 Å². The summed E-state index contributed by atoms with van der Waals surface area (Å²) in [4.78, 5) is 0. The maximum atomic E-state index is 6.22. The summed E-state index contributed by atoms with van der Waals surface area (Å²) < 4.78 is 1.07. The fourth-order valence-electron chi connectivity index (χ4n) is 2.08. The van der Waals surface area contributed by atoms with Crippen molar-refractivity contribution in [1.82, 2.24) is 0 Å². The third-order valence-corrected chi connectivity index (χ3v) is 4.77. The Hall–Kier alpha value is -0.580. The van der Waals surface area contributed by atoms with E-state index in [1.54, 1.807) is 0 Å². The molecule has 0 aromatic heterocycles. The molecule has 0 aliphatic carbocycles. The predicted molar refractivity (Wildman–Crippen MR) is 90.5 cm³/mol. The van der Waals surface area contributed by atoms with Crippen LogP contribution >= 0.6 is 34.2 Å². The Morgan fingerprint density at radius 1 is 1.11 bits per heavy atom. The molecule has 2 N–H and O–H groups in total. The number of nitrogens with two attached hydrogens (primary N) is 1. The van der Waals surface area contributed by atoms with Gasteiger partial charge in [-0.1, -0.05) is 48.0 Å². The van der Waals surface area contributed by atoms with Crippen LogP contribution in [0, 0.1) is 3.57 Å². The van der Waals surface area contributed by atoms with E-state index in [4.69, 9.17) is 17.3 Å². The van der Waals surface area contributed by atoms with Crippen LogP contribution in [-0.2, 0) is 6.42 Å². The molecule has 1 unspecified atom stereocenters. The Labute approximate surface area is 133 Å². The van der Waals surface area contributed by atoms with Crippen molar-refractivity contribution in [3.8, 4) is 0 Å². The van der Waals surface area contributed by atoms with E-state index in [-0.39, 0.29) is 6.04 Å². The molecule has 1 atom stereocenters. The Morgan fingerprint density at radius 3 is 2.53 bits per heavy atom. The zero-order valence-corrected chi connectivity index (χ0v) is 13.6. The van der Waals surface area contributed by atoms with Crippen molar-refractivity contribution in [2.24, 2.45) is 5.73 Å². The van der Waals surface area contributed by atoms with E-state index >= 15 is 0 Å². The molecule has 0 aliphatic heterocycles. The summed E-state index contributed by atoms with van der Waals surface area (Å²) >= 11 is 8.35. The molecule has 3 heteroatoms. The van der Waals surface area contributed by atoms with Gasteiger partial charge in [0.15, 0.2) is 0 Å². The summed E-state index contributed by atoms with van der Waals surface area (Å²) in [6.45, 7) is 0. The first-order valence-electron chi connectivity index (χ1n) is 6.41. The highest BCUT2D eigenvalue weighted by atomic mass is 127. The van der Waals surface area contributed by atoms with E-state index < -0.39 is 0 Å². The maximum absolute atomic E-state index is 6.22. The molecule has 0 heterocycles. The molecule has 0 amide bonds. The van der Waals surface area contributed by atoms with E-state index in [1.165, 1.54) is 5.56 Å². The van der Waals surface area contributed by atoms with E-state index in [0.717, 1.165) is 33.4 Å². The highest BCUT2D eigenvalue weighted by molar-refractivity contribution is 14.1. The summed E-state index contributed by atoms with van der Waals surface area (Å²) in [6.07, 6.45) is 3.15. The average Bonchev–Trinajstić information content (AvgIpc) is 2.43. The van der Waals surface area contributed by atoms with Crippen molar-refractivity contribution in [2.45, 2.75) is 25.3 Å². The molecular formula is C16H17ClIN. The van der Waals surface area contributed by atoms with E-state index in [2.05, 4.69) is 52.9 Å². The lowest BCUT2D eigenvalue weighted by Crippen LogP contribution is -2.10. The van der Waals surface area contributed by atoms with Crippen molar-refractivity contribution >= 4 is 34.2 Å². The van der Waals surface area contributed by atoms with Crippen molar-refractivity contribution < 1.29 is 0 Å². The topological polar surface area (TPSA) is 26.0 Å². The molecule has 0 saturated heterocycles. The molecule has 2 aromatic carbocycles. The van der Waals surface area contributed by atoms with Crippen LogP contribution in [0.3, 0.4) is 0 Å². The quantitative estimate of drug-likeness (QED) is 0.723. The first-order chi connectivity index (χ1) is 9.16. The molecule has 0 saturated carbocycles. The smallest absolute Gasteiger partial charge is 0.0542 e. The number of rotatable bonds is 5. The summed E-state index contributed by atoms with van der Waals surface area (Å²) in [7, 11) is 0. The van der Waals surface area contributed by atoms with Gasteiger partial charge in [0.25, 0.3) is 0 Å². The lowest BCUT2D eigenvalue weighted by Gasteiger charge is -2.13. The molecule has 0 fully saturated rings. The summed E-state index contributed by atoms with van der Waals surface area (Å²) in [5, 5.41) is 0.789. The standard InChI is InChI=1S/C16H17ClIN/c17-14-11-13(9-10-15(14)18)16(19)8-4-7-12-5-2-1-3-6-12/h1-3,5-6,9-11,16H,4,7-8,19H2. The second-order valence-corrected chi connectivity index (χ2v) is 6.23. The highest BCUT2D eigenvalue weighted by Gasteiger charge is 2.08. The monoisotopic (exact) mass is 385 g/mol.